The van der Waals surface area contributed by atoms with Crippen LogP contribution in [0.25, 0.3) is 0 Å². The molecular weight excluding hydrogens is 182 g/mol. The molecule has 0 aromatic carbocycles. The van der Waals surface area contributed by atoms with Gasteiger partial charge in [0.2, 0.25) is 0 Å². The summed E-state index contributed by atoms with van der Waals surface area (Å²) in [5.74, 6) is 0.824. The largest absolute Gasteiger partial charge is 0.297 e. The van der Waals surface area contributed by atoms with E-state index in [1.807, 2.05) is 6.92 Å². The maximum Gasteiger partial charge on any atom is 0.0530 e. The molecule has 1 rings (SSSR count). The standard InChI is InChI=1S/C10H19NOS/c1-4-5-6-11-7-8-13(12)10(2,3)9-11/h4-5H,6-9H2,1-3H3/b5-4+. The van der Waals surface area contributed by atoms with E-state index in [2.05, 4.69) is 30.9 Å². The first kappa shape index (κ1) is 10.9. The average molecular weight is 201 g/mol. The first-order chi connectivity index (χ1) is 6.06. The minimum atomic E-state index is -0.643. The highest BCUT2D eigenvalue weighted by molar-refractivity contribution is 7.86. The molecule has 1 atom stereocenters. The van der Waals surface area contributed by atoms with E-state index in [9.17, 15) is 4.21 Å². The molecule has 1 unspecified atom stereocenters. The molecule has 0 N–H and O–H groups in total. The summed E-state index contributed by atoms with van der Waals surface area (Å²) in [5, 5.41) is 0. The van der Waals surface area contributed by atoms with E-state index in [0.717, 1.165) is 25.4 Å². The molecule has 76 valence electrons. The topological polar surface area (TPSA) is 20.3 Å². The normalized spacial score (nSPS) is 29.6. The van der Waals surface area contributed by atoms with Crippen LogP contribution in [0.5, 0.6) is 0 Å². The zero-order chi connectivity index (χ0) is 9.90. The van der Waals surface area contributed by atoms with Crippen molar-refractivity contribution in [3.05, 3.63) is 12.2 Å². The molecule has 0 radical (unpaired) electrons. The average Bonchev–Trinajstić information content (AvgIpc) is 2.07. The minimum Gasteiger partial charge on any atom is -0.297 e. The van der Waals surface area contributed by atoms with Crippen molar-refractivity contribution in [1.82, 2.24) is 4.90 Å². The van der Waals surface area contributed by atoms with E-state index in [0.29, 0.717) is 0 Å². The van der Waals surface area contributed by atoms with Gasteiger partial charge in [-0.25, -0.2) is 0 Å². The van der Waals surface area contributed by atoms with Gasteiger partial charge >= 0.3 is 0 Å². The van der Waals surface area contributed by atoms with E-state index in [1.54, 1.807) is 0 Å². The molecular formula is C10H19NOS. The highest BCUT2D eigenvalue weighted by Gasteiger charge is 2.32. The van der Waals surface area contributed by atoms with E-state index in [1.165, 1.54) is 0 Å². The number of nitrogens with zero attached hydrogens (tertiary/aromatic N) is 1. The number of hydrogen-bond acceptors (Lipinski definition) is 2. The third kappa shape index (κ3) is 2.92. The van der Waals surface area contributed by atoms with Crippen molar-refractivity contribution in [2.24, 2.45) is 0 Å². The maximum absolute atomic E-state index is 11.6. The molecule has 0 bridgehead atoms. The Hall–Kier alpha value is -0.150. The molecule has 0 amide bonds. The Balaban J connectivity index is 2.50. The second kappa shape index (κ2) is 4.38. The van der Waals surface area contributed by atoms with E-state index < -0.39 is 10.8 Å². The summed E-state index contributed by atoms with van der Waals surface area (Å²) in [4.78, 5) is 2.36. The van der Waals surface area contributed by atoms with Gasteiger partial charge in [0.15, 0.2) is 0 Å². The second-order valence-corrected chi connectivity index (χ2v) is 6.32. The molecule has 3 heteroatoms. The molecule has 0 aromatic heterocycles. The molecule has 1 fully saturated rings. The lowest BCUT2D eigenvalue weighted by atomic mass is 10.2. The Labute approximate surface area is 83.5 Å². The Morgan fingerprint density at radius 1 is 1.54 bits per heavy atom. The van der Waals surface area contributed by atoms with Crippen LogP contribution < -0.4 is 0 Å². The Kier molecular flexibility index (Phi) is 3.68. The van der Waals surface area contributed by atoms with Crippen LogP contribution in [0.2, 0.25) is 0 Å². The Bertz CT molecular complexity index is 223. The summed E-state index contributed by atoms with van der Waals surface area (Å²) in [6.07, 6.45) is 4.23. The van der Waals surface area contributed by atoms with Gasteiger partial charge in [-0.15, -0.1) is 0 Å². The van der Waals surface area contributed by atoms with Gasteiger partial charge in [-0.1, -0.05) is 12.2 Å². The van der Waals surface area contributed by atoms with Gasteiger partial charge in [-0.05, 0) is 20.8 Å². The summed E-state index contributed by atoms with van der Waals surface area (Å²) in [5.41, 5.74) is 0. The minimum absolute atomic E-state index is 0.0279. The lowest BCUT2D eigenvalue weighted by molar-refractivity contribution is 0.281. The zero-order valence-electron chi connectivity index (χ0n) is 8.75. The lowest BCUT2D eigenvalue weighted by Gasteiger charge is -2.36. The van der Waals surface area contributed by atoms with Crippen LogP contribution in [0.15, 0.2) is 12.2 Å². The Morgan fingerprint density at radius 3 is 2.77 bits per heavy atom. The van der Waals surface area contributed by atoms with Crippen molar-refractivity contribution in [3.63, 3.8) is 0 Å². The summed E-state index contributed by atoms with van der Waals surface area (Å²) in [6.45, 7) is 9.13. The molecule has 0 saturated carbocycles. The number of rotatable bonds is 2. The quantitative estimate of drug-likeness (QED) is 0.630. The molecule has 2 nitrogen and oxygen atoms in total. The third-order valence-electron chi connectivity index (χ3n) is 2.41. The summed E-state index contributed by atoms with van der Waals surface area (Å²) >= 11 is 0. The van der Waals surface area contributed by atoms with Gasteiger partial charge < -0.3 is 0 Å². The van der Waals surface area contributed by atoms with Crippen molar-refractivity contribution in [2.75, 3.05) is 25.4 Å². The van der Waals surface area contributed by atoms with E-state index in [-0.39, 0.29) is 4.75 Å². The fourth-order valence-corrected chi connectivity index (χ4v) is 2.89. The highest BCUT2D eigenvalue weighted by Crippen LogP contribution is 2.19. The molecule has 0 aliphatic carbocycles. The van der Waals surface area contributed by atoms with Gasteiger partial charge in [0.1, 0.15) is 0 Å². The summed E-state index contributed by atoms with van der Waals surface area (Å²) in [7, 11) is -0.643. The van der Waals surface area contributed by atoms with Crippen LogP contribution >= 0.6 is 0 Å². The van der Waals surface area contributed by atoms with Gasteiger partial charge in [0.25, 0.3) is 0 Å². The van der Waals surface area contributed by atoms with Crippen LogP contribution in [0.3, 0.4) is 0 Å². The van der Waals surface area contributed by atoms with Crippen LogP contribution in [0, 0.1) is 0 Å². The molecule has 0 aromatic rings. The highest BCUT2D eigenvalue weighted by atomic mass is 32.2. The number of allylic oxidation sites excluding steroid dienone is 1. The van der Waals surface area contributed by atoms with Crippen molar-refractivity contribution in [2.45, 2.75) is 25.5 Å². The molecule has 1 heterocycles. The Morgan fingerprint density at radius 2 is 2.23 bits per heavy atom. The van der Waals surface area contributed by atoms with E-state index >= 15 is 0 Å². The van der Waals surface area contributed by atoms with Gasteiger partial charge in [-0.3, -0.25) is 9.11 Å². The van der Waals surface area contributed by atoms with Crippen LogP contribution in [-0.4, -0.2) is 39.2 Å². The summed E-state index contributed by atoms with van der Waals surface area (Å²) in [6, 6.07) is 0. The monoisotopic (exact) mass is 201 g/mol. The third-order valence-corrected chi connectivity index (χ3v) is 4.33. The molecule has 1 saturated heterocycles. The fraction of sp³-hybridized carbons (Fsp3) is 0.800. The van der Waals surface area contributed by atoms with Crippen LogP contribution in [0.4, 0.5) is 0 Å². The van der Waals surface area contributed by atoms with Gasteiger partial charge in [0, 0.05) is 36.2 Å². The van der Waals surface area contributed by atoms with Crippen molar-refractivity contribution in [1.29, 1.82) is 0 Å². The first-order valence-electron chi connectivity index (χ1n) is 4.78. The van der Waals surface area contributed by atoms with Gasteiger partial charge in [-0.2, -0.15) is 0 Å². The van der Waals surface area contributed by atoms with Crippen LogP contribution in [0.1, 0.15) is 20.8 Å². The summed E-state index contributed by atoms with van der Waals surface area (Å²) < 4.78 is 11.6. The number of hydrogen-bond donors (Lipinski definition) is 0. The predicted octanol–water partition coefficient (Wildman–Crippen LogP) is 1.41. The molecule has 0 spiro atoms. The maximum atomic E-state index is 11.6. The molecule has 1 aliphatic rings. The fourth-order valence-electron chi connectivity index (χ4n) is 1.59. The SMILES string of the molecule is C/C=C/CN1CCS(=O)C(C)(C)C1. The van der Waals surface area contributed by atoms with Crippen molar-refractivity contribution < 1.29 is 4.21 Å². The molecule has 13 heavy (non-hydrogen) atoms. The second-order valence-electron chi connectivity index (χ2n) is 4.11. The van der Waals surface area contributed by atoms with Crippen LogP contribution in [-0.2, 0) is 10.8 Å². The van der Waals surface area contributed by atoms with E-state index in [4.69, 9.17) is 0 Å². The molecule has 1 aliphatic heterocycles. The van der Waals surface area contributed by atoms with Gasteiger partial charge in [0.05, 0.1) is 4.75 Å². The van der Waals surface area contributed by atoms with Crippen molar-refractivity contribution >= 4 is 10.8 Å². The van der Waals surface area contributed by atoms with Crippen molar-refractivity contribution in [3.8, 4) is 0 Å². The predicted molar refractivity (Wildman–Crippen MR) is 58.3 cm³/mol. The lowest BCUT2D eigenvalue weighted by Crippen LogP contribution is -2.49. The smallest absolute Gasteiger partial charge is 0.0530 e. The zero-order valence-corrected chi connectivity index (χ0v) is 9.56. The first-order valence-corrected chi connectivity index (χ1v) is 6.10.